The lowest BCUT2D eigenvalue weighted by molar-refractivity contribution is 0.383. The van der Waals surface area contributed by atoms with Gasteiger partial charge in [-0.05, 0) is 29.8 Å². The highest BCUT2D eigenvalue weighted by Gasteiger charge is 2.27. The van der Waals surface area contributed by atoms with Gasteiger partial charge in [-0.2, -0.15) is 4.31 Å². The van der Waals surface area contributed by atoms with E-state index in [0.29, 0.717) is 41.8 Å². The summed E-state index contributed by atoms with van der Waals surface area (Å²) in [6, 6.07) is 12.7. The average Bonchev–Trinajstić information content (AvgIpc) is 2.65. The Bertz CT molecular complexity index is 882. The molecule has 5 nitrogen and oxygen atoms in total. The van der Waals surface area contributed by atoms with Gasteiger partial charge in [0.05, 0.1) is 22.9 Å². The zero-order valence-electron chi connectivity index (χ0n) is 14.4. The molecule has 1 saturated heterocycles. The topological polar surface area (TPSA) is 49.9 Å². The van der Waals surface area contributed by atoms with Gasteiger partial charge in [-0.15, -0.1) is 0 Å². The van der Waals surface area contributed by atoms with E-state index in [0.717, 1.165) is 11.4 Å². The number of sulfonamides is 1. The van der Waals surface area contributed by atoms with Crippen molar-refractivity contribution in [3.8, 4) is 5.75 Å². The van der Waals surface area contributed by atoms with Crippen LogP contribution in [0.2, 0.25) is 10.0 Å². The largest absolute Gasteiger partial charge is 0.497 e. The lowest BCUT2D eigenvalue weighted by atomic mass is 10.2. The van der Waals surface area contributed by atoms with E-state index < -0.39 is 10.0 Å². The van der Waals surface area contributed by atoms with E-state index in [2.05, 4.69) is 4.90 Å². The fourth-order valence-electron chi connectivity index (χ4n) is 2.96. The van der Waals surface area contributed by atoms with Gasteiger partial charge >= 0.3 is 0 Å². The van der Waals surface area contributed by atoms with Crippen molar-refractivity contribution in [3.05, 3.63) is 58.1 Å². The molecule has 1 aliphatic heterocycles. The normalized spacial score (nSPS) is 15.9. The number of ether oxygens (including phenoxy) is 1. The fraction of sp³-hybridized carbons (Fsp3) is 0.333. The van der Waals surface area contributed by atoms with E-state index in [1.165, 1.54) is 4.31 Å². The number of nitrogens with zero attached hydrogens (tertiary/aromatic N) is 2. The highest BCUT2D eigenvalue weighted by molar-refractivity contribution is 7.88. The molecule has 0 amide bonds. The summed E-state index contributed by atoms with van der Waals surface area (Å²) < 4.78 is 32.2. The van der Waals surface area contributed by atoms with E-state index in [1.54, 1.807) is 25.3 Å². The monoisotopic (exact) mass is 414 g/mol. The van der Waals surface area contributed by atoms with Crippen molar-refractivity contribution in [2.24, 2.45) is 0 Å². The summed E-state index contributed by atoms with van der Waals surface area (Å²) in [5.41, 5.74) is 1.67. The summed E-state index contributed by atoms with van der Waals surface area (Å²) >= 11 is 11.9. The Labute approximate surface area is 164 Å². The molecular formula is C18H20Cl2N2O3S. The van der Waals surface area contributed by atoms with Crippen molar-refractivity contribution in [1.82, 2.24) is 4.31 Å². The van der Waals surface area contributed by atoms with Gasteiger partial charge in [0.2, 0.25) is 10.0 Å². The van der Waals surface area contributed by atoms with E-state index in [4.69, 9.17) is 27.9 Å². The molecule has 0 spiro atoms. The molecule has 1 aliphatic rings. The summed E-state index contributed by atoms with van der Waals surface area (Å²) in [5, 5.41) is 0.780. The second-order valence-electron chi connectivity index (χ2n) is 6.09. The molecule has 2 aromatic carbocycles. The Morgan fingerprint density at radius 1 is 1.00 bits per heavy atom. The summed E-state index contributed by atoms with van der Waals surface area (Å²) in [6.45, 7) is 2.16. The second kappa shape index (κ2) is 8.05. The molecule has 0 unspecified atom stereocenters. The highest BCUT2D eigenvalue weighted by atomic mass is 35.5. The van der Waals surface area contributed by atoms with Crippen molar-refractivity contribution < 1.29 is 13.2 Å². The van der Waals surface area contributed by atoms with Crippen LogP contribution in [-0.4, -0.2) is 46.0 Å². The van der Waals surface area contributed by atoms with Crippen LogP contribution in [0.15, 0.2) is 42.5 Å². The minimum Gasteiger partial charge on any atom is -0.497 e. The van der Waals surface area contributed by atoms with Gasteiger partial charge in [-0.3, -0.25) is 0 Å². The molecule has 3 rings (SSSR count). The minimum atomic E-state index is -3.40. The van der Waals surface area contributed by atoms with Crippen LogP contribution in [0.4, 0.5) is 5.69 Å². The maximum absolute atomic E-state index is 12.7. The van der Waals surface area contributed by atoms with Crippen molar-refractivity contribution in [2.45, 2.75) is 5.75 Å². The maximum atomic E-state index is 12.7. The standard InChI is InChI=1S/C18H20Cl2N2O3S/c1-25-16-4-2-3-15(12-16)21-7-9-22(10-8-21)26(23,24)13-14-5-6-17(19)18(20)11-14/h2-6,11-12H,7-10,13H2,1H3. The van der Waals surface area contributed by atoms with E-state index in [1.807, 2.05) is 24.3 Å². The number of methoxy groups -OCH3 is 1. The van der Waals surface area contributed by atoms with Crippen LogP contribution in [0.3, 0.4) is 0 Å². The Balaban J connectivity index is 1.65. The lowest BCUT2D eigenvalue weighted by Gasteiger charge is -2.35. The summed E-state index contributed by atoms with van der Waals surface area (Å²) in [5.74, 6) is 0.709. The molecule has 0 aromatic heterocycles. The van der Waals surface area contributed by atoms with Gasteiger partial charge in [-0.25, -0.2) is 8.42 Å². The Morgan fingerprint density at radius 2 is 1.73 bits per heavy atom. The first-order chi connectivity index (χ1) is 12.4. The first kappa shape index (κ1) is 19.3. The number of hydrogen-bond acceptors (Lipinski definition) is 4. The van der Waals surface area contributed by atoms with Crippen molar-refractivity contribution in [2.75, 3.05) is 38.2 Å². The van der Waals surface area contributed by atoms with E-state index in [-0.39, 0.29) is 5.75 Å². The molecule has 140 valence electrons. The van der Waals surface area contributed by atoms with Crippen molar-refractivity contribution in [1.29, 1.82) is 0 Å². The molecular weight excluding hydrogens is 395 g/mol. The molecule has 8 heteroatoms. The summed E-state index contributed by atoms with van der Waals surface area (Å²) in [7, 11) is -1.77. The molecule has 1 fully saturated rings. The van der Waals surface area contributed by atoms with Crippen LogP contribution in [-0.2, 0) is 15.8 Å². The molecule has 26 heavy (non-hydrogen) atoms. The minimum absolute atomic E-state index is 0.0803. The van der Waals surface area contributed by atoms with Crippen molar-refractivity contribution >= 4 is 38.9 Å². The quantitative estimate of drug-likeness (QED) is 0.748. The third-order valence-corrected chi connectivity index (χ3v) is 6.97. The zero-order chi connectivity index (χ0) is 18.7. The summed E-state index contributed by atoms with van der Waals surface area (Å²) in [6.07, 6.45) is 0. The Morgan fingerprint density at radius 3 is 2.38 bits per heavy atom. The number of piperazine rings is 1. The van der Waals surface area contributed by atoms with Crippen LogP contribution in [0.5, 0.6) is 5.75 Å². The molecule has 2 aromatic rings. The smallest absolute Gasteiger partial charge is 0.218 e. The molecule has 0 saturated carbocycles. The third-order valence-electron chi connectivity index (χ3n) is 4.38. The SMILES string of the molecule is COc1cccc(N2CCN(S(=O)(=O)Cc3ccc(Cl)c(Cl)c3)CC2)c1. The molecule has 0 bridgehead atoms. The van der Waals surface area contributed by atoms with Crippen LogP contribution >= 0.6 is 23.2 Å². The zero-order valence-corrected chi connectivity index (χ0v) is 16.7. The first-order valence-electron chi connectivity index (χ1n) is 8.20. The molecule has 0 radical (unpaired) electrons. The first-order valence-corrected chi connectivity index (χ1v) is 10.6. The number of hydrogen-bond donors (Lipinski definition) is 0. The highest BCUT2D eigenvalue weighted by Crippen LogP contribution is 2.26. The van der Waals surface area contributed by atoms with E-state index in [9.17, 15) is 8.42 Å². The van der Waals surface area contributed by atoms with Gasteiger partial charge in [0.15, 0.2) is 0 Å². The molecule has 0 N–H and O–H groups in total. The maximum Gasteiger partial charge on any atom is 0.218 e. The lowest BCUT2D eigenvalue weighted by Crippen LogP contribution is -2.49. The predicted molar refractivity (Wildman–Crippen MR) is 106 cm³/mol. The predicted octanol–water partition coefficient (Wildman–Crippen LogP) is 3.65. The van der Waals surface area contributed by atoms with Crippen LogP contribution < -0.4 is 9.64 Å². The summed E-state index contributed by atoms with van der Waals surface area (Å²) in [4.78, 5) is 2.16. The van der Waals surface area contributed by atoms with Gasteiger partial charge < -0.3 is 9.64 Å². The van der Waals surface area contributed by atoms with Crippen LogP contribution in [0.25, 0.3) is 0 Å². The number of benzene rings is 2. The molecule has 0 aliphatic carbocycles. The van der Waals surface area contributed by atoms with Crippen LogP contribution in [0.1, 0.15) is 5.56 Å². The number of anilines is 1. The van der Waals surface area contributed by atoms with E-state index >= 15 is 0 Å². The fourth-order valence-corrected chi connectivity index (χ4v) is 4.79. The second-order valence-corrected chi connectivity index (χ2v) is 8.88. The Kier molecular flexibility index (Phi) is 5.97. The van der Waals surface area contributed by atoms with Gasteiger partial charge in [0, 0.05) is 37.9 Å². The number of rotatable bonds is 5. The molecule has 0 atom stereocenters. The van der Waals surface area contributed by atoms with Gasteiger partial charge in [-0.1, -0.05) is 35.3 Å². The van der Waals surface area contributed by atoms with Crippen molar-refractivity contribution in [3.63, 3.8) is 0 Å². The third kappa shape index (κ3) is 4.43. The van der Waals surface area contributed by atoms with Gasteiger partial charge in [0.1, 0.15) is 5.75 Å². The van der Waals surface area contributed by atoms with Gasteiger partial charge in [0.25, 0.3) is 0 Å². The Hall–Kier alpha value is -1.47. The van der Waals surface area contributed by atoms with Crippen LogP contribution in [0, 0.1) is 0 Å². The average molecular weight is 415 g/mol. The molecule has 1 heterocycles. The number of halogens is 2.